The lowest BCUT2D eigenvalue weighted by Gasteiger charge is -2.31. The lowest BCUT2D eigenvalue weighted by Crippen LogP contribution is -2.45. The summed E-state index contributed by atoms with van der Waals surface area (Å²) in [4.78, 5) is 47.2. The number of rotatable bonds is 6. The van der Waals surface area contributed by atoms with Crippen molar-refractivity contribution in [2.24, 2.45) is 5.92 Å². The van der Waals surface area contributed by atoms with Gasteiger partial charge in [0.1, 0.15) is 11.9 Å². The van der Waals surface area contributed by atoms with Crippen molar-refractivity contribution in [3.05, 3.63) is 79.4 Å². The number of imidazole rings is 1. The van der Waals surface area contributed by atoms with Gasteiger partial charge in [-0.15, -0.1) is 0 Å². The first-order valence-electron chi connectivity index (χ1n) is 14.4. The second kappa shape index (κ2) is 11.6. The van der Waals surface area contributed by atoms with Crippen molar-refractivity contribution in [1.29, 1.82) is 0 Å². The van der Waals surface area contributed by atoms with Gasteiger partial charge >= 0.3 is 5.69 Å². The number of fused-ring (bicyclic) bond motifs is 1. The lowest BCUT2D eigenvalue weighted by atomic mass is 9.96. The average Bonchev–Trinajstić information content (AvgIpc) is 3.54. The monoisotopic (exact) mass is 625 g/mol. The molecule has 0 saturated carbocycles. The van der Waals surface area contributed by atoms with Crippen LogP contribution in [-0.2, 0) is 27.4 Å². The zero-order valence-corrected chi connectivity index (χ0v) is 25.8. The van der Waals surface area contributed by atoms with Crippen LogP contribution in [0.3, 0.4) is 0 Å². The molecule has 2 saturated heterocycles. The second-order valence-electron chi connectivity index (χ2n) is 11.6. The van der Waals surface area contributed by atoms with E-state index in [-0.39, 0.29) is 36.1 Å². The summed E-state index contributed by atoms with van der Waals surface area (Å²) in [6, 6.07) is 14.3. The van der Waals surface area contributed by atoms with Gasteiger partial charge in [-0.1, -0.05) is 35.3 Å². The number of hydrogen-bond donors (Lipinski definition) is 0. The molecule has 4 heterocycles. The maximum Gasteiger partial charge on any atom is 0.332 e. The largest absolute Gasteiger partial charge is 0.348 e. The van der Waals surface area contributed by atoms with Gasteiger partial charge in [-0.25, -0.2) is 9.78 Å². The minimum absolute atomic E-state index is 0.0209. The van der Waals surface area contributed by atoms with Gasteiger partial charge in [-0.3, -0.25) is 23.3 Å². The number of ether oxygens (including phenoxy) is 2. The van der Waals surface area contributed by atoms with Crippen molar-refractivity contribution >= 4 is 40.3 Å². The Hall–Kier alpha value is -3.44. The van der Waals surface area contributed by atoms with Crippen LogP contribution in [-0.4, -0.2) is 61.1 Å². The van der Waals surface area contributed by atoms with Gasteiger partial charge in [0.05, 0.1) is 18.2 Å². The minimum atomic E-state index is -0.815. The molecule has 12 heteroatoms. The zero-order valence-electron chi connectivity index (χ0n) is 24.3. The molecule has 0 bridgehead atoms. The maximum absolute atomic E-state index is 14.3. The number of amides is 1. The summed E-state index contributed by atoms with van der Waals surface area (Å²) in [6.45, 7) is 7.02. The maximum atomic E-state index is 14.3. The van der Waals surface area contributed by atoms with Gasteiger partial charge < -0.3 is 14.4 Å². The second-order valence-corrected chi connectivity index (χ2v) is 12.5. The van der Waals surface area contributed by atoms with Gasteiger partial charge in [0.2, 0.25) is 5.91 Å². The van der Waals surface area contributed by atoms with E-state index in [2.05, 4.69) is 0 Å². The average molecular weight is 627 g/mol. The van der Waals surface area contributed by atoms with Crippen molar-refractivity contribution in [3.63, 3.8) is 0 Å². The molecule has 2 aromatic carbocycles. The third-order valence-corrected chi connectivity index (χ3v) is 8.76. The van der Waals surface area contributed by atoms with Crippen LogP contribution in [0.5, 0.6) is 0 Å². The Morgan fingerprint density at radius 3 is 2.33 bits per heavy atom. The van der Waals surface area contributed by atoms with Crippen LogP contribution in [0.15, 0.2) is 58.1 Å². The topological polar surface area (TPSA) is 101 Å². The Kier molecular flexibility index (Phi) is 7.97. The summed E-state index contributed by atoms with van der Waals surface area (Å²) < 4.78 is 16.3. The Morgan fingerprint density at radius 1 is 1.00 bits per heavy atom. The van der Waals surface area contributed by atoms with Gasteiger partial charge in [0.15, 0.2) is 17.0 Å². The molecule has 0 radical (unpaired) electrons. The normalized spacial score (nSPS) is 18.9. The van der Waals surface area contributed by atoms with Crippen molar-refractivity contribution in [1.82, 2.24) is 23.6 Å². The number of benzene rings is 2. The minimum Gasteiger partial charge on any atom is -0.348 e. The number of halogens is 2. The van der Waals surface area contributed by atoms with E-state index in [1.165, 1.54) is 4.57 Å². The molecule has 0 aliphatic carbocycles. The first-order valence-corrected chi connectivity index (χ1v) is 15.1. The predicted molar refractivity (Wildman–Crippen MR) is 165 cm³/mol. The third-order valence-electron chi connectivity index (χ3n) is 8.18. The number of likely N-dealkylation sites (tertiary alicyclic amines) is 1. The number of nitrogens with zero attached hydrogens (tertiary/aromatic N) is 5. The molecule has 2 aliphatic heterocycles. The molecule has 2 aliphatic rings. The molecule has 6 rings (SSSR count). The highest BCUT2D eigenvalue weighted by Gasteiger charge is 2.34. The third kappa shape index (κ3) is 5.76. The van der Waals surface area contributed by atoms with Crippen LogP contribution >= 0.6 is 23.2 Å². The summed E-state index contributed by atoms with van der Waals surface area (Å²) >= 11 is 12.9. The van der Waals surface area contributed by atoms with Crippen LogP contribution in [0.2, 0.25) is 10.0 Å². The number of hydrogen-bond acceptors (Lipinski definition) is 6. The molecule has 1 amide bonds. The van der Waals surface area contributed by atoms with E-state index < -0.39 is 23.1 Å². The Balaban J connectivity index is 1.58. The lowest BCUT2D eigenvalue weighted by molar-refractivity contribution is -0.139. The van der Waals surface area contributed by atoms with E-state index in [9.17, 15) is 14.4 Å². The molecule has 0 spiro atoms. The number of carbonyl (C=O) groups excluding carboxylic acids is 1. The number of piperidine rings is 1. The standard InChI is InChI=1S/C31H33Cl2N5O5/c1-19(39)35-14-12-20(13-15-35)16-36-28-26(29(40)37(30(36)41)17-23-18-42-31(2,3)43-23)38(22-10-8-21(32)9-11-22)27(34-28)24-6-4-5-7-25(24)33/h4-11,20,23H,12-18H2,1-3H3/t23-/m1/s1. The predicted octanol–water partition coefficient (Wildman–Crippen LogP) is 4.73. The molecule has 10 nitrogen and oxygen atoms in total. The molecule has 0 unspecified atom stereocenters. The highest BCUT2D eigenvalue weighted by molar-refractivity contribution is 6.33. The molecule has 1 atom stereocenters. The molecular formula is C31H33Cl2N5O5. The van der Waals surface area contributed by atoms with Crippen molar-refractivity contribution in [2.45, 2.75) is 58.6 Å². The summed E-state index contributed by atoms with van der Waals surface area (Å²) in [7, 11) is 0. The molecule has 226 valence electrons. The van der Waals surface area contributed by atoms with Crippen LogP contribution in [0.4, 0.5) is 0 Å². The molecule has 2 aromatic heterocycles. The molecule has 43 heavy (non-hydrogen) atoms. The van der Waals surface area contributed by atoms with Crippen LogP contribution in [0.25, 0.3) is 28.2 Å². The SMILES string of the molecule is CC(=O)N1CCC(Cn2c(=O)n(C[C@@H]3COC(C)(C)O3)c(=O)c3c2nc(-c2ccccc2Cl)n3-c2ccc(Cl)cc2)CC1. The van der Waals surface area contributed by atoms with E-state index in [1.54, 1.807) is 60.2 Å². The van der Waals surface area contributed by atoms with E-state index >= 15 is 0 Å². The Labute approximate surface area is 258 Å². The van der Waals surface area contributed by atoms with Crippen LogP contribution in [0.1, 0.15) is 33.6 Å². The smallest absolute Gasteiger partial charge is 0.332 e. The Bertz CT molecular complexity index is 1800. The quantitative estimate of drug-likeness (QED) is 0.307. The molecular weight excluding hydrogens is 593 g/mol. The van der Waals surface area contributed by atoms with Gasteiger partial charge in [0, 0.05) is 42.8 Å². The fraction of sp³-hybridized carbons (Fsp3) is 0.419. The number of aromatic nitrogens is 4. The van der Waals surface area contributed by atoms with Crippen LogP contribution < -0.4 is 11.2 Å². The van der Waals surface area contributed by atoms with E-state index in [1.807, 2.05) is 23.1 Å². The van der Waals surface area contributed by atoms with Crippen molar-refractivity contribution < 1.29 is 14.3 Å². The van der Waals surface area contributed by atoms with Crippen molar-refractivity contribution in [2.75, 3.05) is 19.7 Å². The van der Waals surface area contributed by atoms with E-state index in [0.29, 0.717) is 46.8 Å². The van der Waals surface area contributed by atoms with Gasteiger partial charge in [0.25, 0.3) is 5.56 Å². The van der Waals surface area contributed by atoms with Crippen molar-refractivity contribution in [3.8, 4) is 17.1 Å². The van der Waals surface area contributed by atoms with Gasteiger partial charge in [-0.2, -0.15) is 0 Å². The fourth-order valence-corrected chi connectivity index (χ4v) is 6.32. The molecule has 0 N–H and O–H groups in total. The summed E-state index contributed by atoms with van der Waals surface area (Å²) in [5, 5.41) is 0.997. The summed E-state index contributed by atoms with van der Waals surface area (Å²) in [5.41, 5.74) is 0.824. The molecule has 4 aromatic rings. The van der Waals surface area contributed by atoms with E-state index in [4.69, 9.17) is 37.7 Å². The highest BCUT2D eigenvalue weighted by Crippen LogP contribution is 2.32. The van der Waals surface area contributed by atoms with Gasteiger partial charge in [-0.05, 0) is 69.0 Å². The first-order chi connectivity index (χ1) is 20.5. The van der Waals surface area contributed by atoms with Crippen LogP contribution in [0, 0.1) is 5.92 Å². The fourth-order valence-electron chi connectivity index (χ4n) is 5.98. The zero-order chi connectivity index (χ0) is 30.5. The Morgan fingerprint density at radius 2 is 1.70 bits per heavy atom. The number of carbonyl (C=O) groups is 1. The summed E-state index contributed by atoms with van der Waals surface area (Å²) in [5.74, 6) is -0.236. The molecule has 2 fully saturated rings. The first kappa shape index (κ1) is 29.6. The highest BCUT2D eigenvalue weighted by atomic mass is 35.5. The summed E-state index contributed by atoms with van der Waals surface area (Å²) in [6.07, 6.45) is 0.978. The van der Waals surface area contributed by atoms with E-state index in [0.717, 1.165) is 12.8 Å².